The molecule has 16 N–H and O–H groups in total. The first-order valence-electron chi connectivity index (χ1n) is 25.4. The molecule has 0 spiro atoms. The van der Waals surface area contributed by atoms with Gasteiger partial charge in [0.05, 0.1) is 12.1 Å². The number of aromatic nitrogens is 1. The number of aromatic amines is 1. The van der Waals surface area contributed by atoms with Gasteiger partial charge in [-0.15, -0.1) is 0 Å². The van der Waals surface area contributed by atoms with E-state index >= 15 is 0 Å². The third-order valence-corrected chi connectivity index (χ3v) is 15.5. The number of nitrogens with one attached hydrogen (secondary N) is 8. The third kappa shape index (κ3) is 16.9. The molecule has 6 rings (SSSR count). The molecular formula is C54H69N11O10S2. The van der Waals surface area contributed by atoms with E-state index in [-0.39, 0.29) is 49.5 Å². The molecule has 1 aromatic heterocycles. The lowest BCUT2D eigenvalue weighted by molar-refractivity contribution is -0.136. The number of carbonyl (C=O) groups is 8. The van der Waals surface area contributed by atoms with Crippen molar-refractivity contribution in [2.75, 3.05) is 18.1 Å². The van der Waals surface area contributed by atoms with Crippen molar-refractivity contribution in [3.05, 3.63) is 114 Å². The topological polar surface area (TPSA) is 355 Å². The summed E-state index contributed by atoms with van der Waals surface area (Å²) >= 11 is 0. The van der Waals surface area contributed by atoms with Gasteiger partial charge in [0.2, 0.25) is 47.3 Å². The van der Waals surface area contributed by atoms with Crippen molar-refractivity contribution in [3.8, 4) is 5.75 Å². The molecule has 5 aromatic rings. The Morgan fingerprint density at radius 1 is 0.714 bits per heavy atom. The van der Waals surface area contributed by atoms with Crippen molar-refractivity contribution in [1.29, 1.82) is 0 Å². The number of fused-ring (bicyclic) bond motifs is 2. The van der Waals surface area contributed by atoms with Crippen LogP contribution in [0.3, 0.4) is 0 Å². The zero-order chi connectivity index (χ0) is 55.8. The minimum atomic E-state index is -1.55. The quantitative estimate of drug-likeness (QED) is 0.0453. The zero-order valence-electron chi connectivity index (χ0n) is 43.1. The average Bonchev–Trinajstić information content (AvgIpc) is 3.81. The average molecular weight is 1100 g/mol. The van der Waals surface area contributed by atoms with E-state index in [0.717, 1.165) is 48.8 Å². The van der Waals surface area contributed by atoms with Crippen LogP contribution >= 0.6 is 21.6 Å². The van der Waals surface area contributed by atoms with Gasteiger partial charge in [-0.25, -0.2) is 0 Å². The minimum Gasteiger partial charge on any atom is -0.508 e. The van der Waals surface area contributed by atoms with E-state index in [2.05, 4.69) is 42.2 Å². The Kier molecular flexibility index (Phi) is 21.7. The van der Waals surface area contributed by atoms with Crippen molar-refractivity contribution in [2.45, 2.75) is 114 Å². The van der Waals surface area contributed by atoms with Gasteiger partial charge in [0.25, 0.3) is 0 Å². The van der Waals surface area contributed by atoms with Crippen molar-refractivity contribution < 1.29 is 48.6 Å². The number of amides is 8. The summed E-state index contributed by atoms with van der Waals surface area (Å²) in [4.78, 5) is 116. The van der Waals surface area contributed by atoms with Crippen molar-refractivity contribution >= 4 is 90.5 Å². The molecule has 1 saturated heterocycles. The molecule has 412 valence electrons. The van der Waals surface area contributed by atoms with Gasteiger partial charge in [-0.05, 0) is 90.7 Å². The molecule has 2 heterocycles. The smallest absolute Gasteiger partial charge is 0.244 e. The second kappa shape index (κ2) is 28.3. The highest BCUT2D eigenvalue weighted by Gasteiger charge is 2.36. The molecule has 1 aliphatic rings. The third-order valence-electron chi connectivity index (χ3n) is 13.1. The molecule has 77 heavy (non-hydrogen) atoms. The molecule has 0 bridgehead atoms. The number of hydrogen-bond acceptors (Lipinski definition) is 14. The highest BCUT2D eigenvalue weighted by molar-refractivity contribution is 8.76. The largest absolute Gasteiger partial charge is 0.508 e. The standard InChI is InChI=1S/C54H69N11O10S2/c1-29(2)45-54(75)63-44(53(74)65-46(30(3)66)47(57)68)28-77-76-27-43(62-48(69)38(56)23-32-15-18-33-10-4-5-11-34(33)22-32)52(73)60-41(24-31-16-19-36(67)20-17-31)50(71)61-42(25-35-26-58-39-13-7-6-12-37(35)39)51(72)59-40(49(70)64-45)14-8-9-21-55/h4-7,10-13,15-20,22,26,29-30,38,40-46,58,66-67H,8-9,14,21,23-25,27-28,55-56H2,1-3H3,(H2,57,68)(H,59,72)(H,60,73)(H,61,71)(H,62,69)(H,63,75)(H,64,70)(H,65,74)/t30-,38-,40+,41+,42-,43-,44-,45+,46+/m1/s1. The number of H-pyrrole nitrogens is 1. The van der Waals surface area contributed by atoms with Gasteiger partial charge >= 0.3 is 0 Å². The van der Waals surface area contributed by atoms with Crippen LogP contribution in [0, 0.1) is 5.92 Å². The number of hydrogen-bond donors (Lipinski definition) is 13. The number of carbonyl (C=O) groups excluding carboxylic acids is 8. The van der Waals surface area contributed by atoms with Crippen LogP contribution in [0.25, 0.3) is 21.7 Å². The summed E-state index contributed by atoms with van der Waals surface area (Å²) in [7, 11) is 2.03. The molecule has 0 aliphatic carbocycles. The van der Waals surface area contributed by atoms with Crippen LogP contribution in [0.5, 0.6) is 5.75 Å². The summed E-state index contributed by atoms with van der Waals surface area (Å²) < 4.78 is 0. The van der Waals surface area contributed by atoms with Gasteiger partial charge in [-0.3, -0.25) is 38.4 Å². The molecule has 1 fully saturated rings. The first-order valence-corrected chi connectivity index (χ1v) is 27.9. The lowest BCUT2D eigenvalue weighted by Gasteiger charge is -2.29. The first kappa shape index (κ1) is 59.1. The first-order chi connectivity index (χ1) is 36.8. The number of unbranched alkanes of at least 4 members (excludes halogenated alkanes) is 1. The summed E-state index contributed by atoms with van der Waals surface area (Å²) in [5.74, 6) is -7.66. The van der Waals surface area contributed by atoms with E-state index in [4.69, 9.17) is 17.2 Å². The van der Waals surface area contributed by atoms with Crippen molar-refractivity contribution in [2.24, 2.45) is 23.1 Å². The molecular weight excluding hydrogens is 1030 g/mol. The number of nitrogens with two attached hydrogens (primary N) is 3. The Morgan fingerprint density at radius 2 is 1.34 bits per heavy atom. The van der Waals surface area contributed by atoms with Crippen LogP contribution in [0.2, 0.25) is 0 Å². The summed E-state index contributed by atoms with van der Waals surface area (Å²) in [5.41, 5.74) is 20.5. The number of aliphatic hydroxyl groups excluding tert-OH is 1. The Bertz CT molecular complexity index is 2890. The van der Waals surface area contributed by atoms with E-state index in [1.165, 1.54) is 19.1 Å². The van der Waals surface area contributed by atoms with Gasteiger partial charge in [-0.1, -0.05) is 108 Å². The number of aliphatic hydroxyl groups is 1. The Labute approximate surface area is 453 Å². The number of primary amides is 1. The van der Waals surface area contributed by atoms with Crippen LogP contribution in [-0.4, -0.2) is 135 Å². The number of aromatic hydroxyl groups is 1. The lowest BCUT2D eigenvalue weighted by atomic mass is 10.00. The fourth-order valence-corrected chi connectivity index (χ4v) is 11.0. The number of rotatable bonds is 17. The van der Waals surface area contributed by atoms with Crippen LogP contribution in [0.4, 0.5) is 0 Å². The predicted molar refractivity (Wildman–Crippen MR) is 296 cm³/mol. The Balaban J connectivity index is 1.39. The molecule has 4 aromatic carbocycles. The summed E-state index contributed by atoms with van der Waals surface area (Å²) in [6, 6.07) is 15.8. The van der Waals surface area contributed by atoms with Crippen LogP contribution in [0.1, 0.15) is 56.7 Å². The Hall–Kier alpha value is -7.18. The van der Waals surface area contributed by atoms with E-state index in [1.54, 1.807) is 32.2 Å². The predicted octanol–water partition coefficient (Wildman–Crippen LogP) is 0.822. The van der Waals surface area contributed by atoms with Crippen molar-refractivity contribution in [3.63, 3.8) is 0 Å². The number of phenols is 1. The van der Waals surface area contributed by atoms with Gasteiger partial charge in [0.15, 0.2) is 0 Å². The molecule has 0 unspecified atom stereocenters. The maximum Gasteiger partial charge on any atom is 0.244 e. The number of phenolic OH excluding ortho intramolecular Hbond substituents is 1. The molecule has 0 radical (unpaired) electrons. The normalized spacial score (nSPS) is 21.6. The number of para-hydroxylation sites is 1. The lowest BCUT2D eigenvalue weighted by Crippen LogP contribution is -2.62. The zero-order valence-corrected chi connectivity index (χ0v) is 44.7. The molecule has 0 saturated carbocycles. The summed E-state index contributed by atoms with van der Waals surface area (Å²) in [6.07, 6.45) is 1.05. The van der Waals surface area contributed by atoms with Gasteiger partial charge < -0.3 is 69.6 Å². The second-order valence-electron chi connectivity index (χ2n) is 19.4. The Morgan fingerprint density at radius 3 is 2.03 bits per heavy atom. The second-order valence-corrected chi connectivity index (χ2v) is 22.0. The van der Waals surface area contributed by atoms with Gasteiger partial charge in [0.1, 0.15) is 48.0 Å². The van der Waals surface area contributed by atoms with Gasteiger partial charge in [-0.2, -0.15) is 0 Å². The minimum absolute atomic E-state index is 0.0501. The monoisotopic (exact) mass is 1100 g/mol. The molecule has 8 amide bonds. The number of benzene rings is 4. The van der Waals surface area contributed by atoms with Crippen LogP contribution in [-0.2, 0) is 57.6 Å². The van der Waals surface area contributed by atoms with Crippen LogP contribution < -0.4 is 54.4 Å². The molecule has 1 aliphatic heterocycles. The van der Waals surface area contributed by atoms with Crippen molar-refractivity contribution in [1.82, 2.24) is 42.2 Å². The van der Waals surface area contributed by atoms with E-state index < -0.39 is 108 Å². The summed E-state index contributed by atoms with van der Waals surface area (Å²) in [5, 5.41) is 42.1. The van der Waals surface area contributed by atoms with E-state index in [1.807, 2.05) is 66.7 Å². The maximum atomic E-state index is 14.9. The highest BCUT2D eigenvalue weighted by atomic mass is 33.1. The van der Waals surface area contributed by atoms with Gasteiger partial charge in [0, 0.05) is 41.4 Å². The van der Waals surface area contributed by atoms with Crippen LogP contribution in [0.15, 0.2) is 97.2 Å². The molecule has 23 heteroatoms. The van der Waals surface area contributed by atoms with E-state index in [0.29, 0.717) is 24.0 Å². The molecule has 9 atom stereocenters. The van der Waals surface area contributed by atoms with E-state index in [9.17, 15) is 48.6 Å². The highest BCUT2D eigenvalue weighted by Crippen LogP contribution is 2.25. The molecule has 21 nitrogen and oxygen atoms in total. The fraction of sp³-hybridized carbons (Fsp3) is 0.407. The summed E-state index contributed by atoms with van der Waals surface area (Å²) in [6.45, 7) is 4.85. The fourth-order valence-electron chi connectivity index (χ4n) is 8.71. The maximum absolute atomic E-state index is 14.9. The SMILES string of the molecule is CC(C)[C@@H]1NC(=O)[C@H](CCCCN)NC(=O)[C@@H](Cc2c[nH]c3ccccc23)NC(=O)[C@H](Cc2ccc(O)cc2)NC(=O)[C@H](NC(=O)[C@H](N)Cc2ccc3ccccc3c2)CSSC[C@H](C(=O)N[C@H](C(N)=O)[C@@H](C)O)NC1=O.